The van der Waals surface area contributed by atoms with E-state index in [9.17, 15) is 9.90 Å². The Morgan fingerprint density at radius 3 is 2.57 bits per heavy atom. The fourth-order valence-corrected chi connectivity index (χ4v) is 2.37. The van der Waals surface area contributed by atoms with E-state index in [0.717, 1.165) is 0 Å². The number of halogens is 2. The van der Waals surface area contributed by atoms with Gasteiger partial charge in [-0.25, -0.2) is 0 Å². The Morgan fingerprint density at radius 2 is 2.05 bits per heavy atom. The summed E-state index contributed by atoms with van der Waals surface area (Å²) in [5.74, 6) is -0.190. The summed E-state index contributed by atoms with van der Waals surface area (Å²) in [5.41, 5.74) is -0.376. The van der Waals surface area contributed by atoms with Gasteiger partial charge in [0.25, 0.3) is 0 Å². The van der Waals surface area contributed by atoms with E-state index >= 15 is 0 Å². The van der Waals surface area contributed by atoms with Gasteiger partial charge in [-0.15, -0.1) is 0 Å². The first-order valence-electron chi connectivity index (χ1n) is 6.87. The normalized spacial score (nSPS) is 13.3. The van der Waals surface area contributed by atoms with Crippen LogP contribution in [0.5, 0.6) is 0 Å². The molecule has 0 aromatic heterocycles. The molecule has 0 fully saturated rings. The molecule has 0 bridgehead atoms. The van der Waals surface area contributed by atoms with Crippen molar-refractivity contribution in [3.05, 3.63) is 28.2 Å². The van der Waals surface area contributed by atoms with Gasteiger partial charge in [-0.2, -0.15) is 0 Å². The predicted molar refractivity (Wildman–Crippen MR) is 88.1 cm³/mol. The third kappa shape index (κ3) is 5.47. The summed E-state index contributed by atoms with van der Waals surface area (Å²) in [5, 5.41) is 13.4. The number of rotatable bonds is 6. The number of anilines is 1. The summed E-state index contributed by atoms with van der Waals surface area (Å²) >= 11 is 12.0. The van der Waals surface area contributed by atoms with Crippen molar-refractivity contribution >= 4 is 34.8 Å². The van der Waals surface area contributed by atoms with E-state index in [-0.39, 0.29) is 5.91 Å². The fourth-order valence-electron chi connectivity index (χ4n) is 2.02. The molecule has 6 heteroatoms. The molecule has 4 nitrogen and oxygen atoms in total. The zero-order chi connectivity index (χ0) is 16.2. The number of likely N-dealkylation sites (N-methyl/N-ethyl adjacent to an activating group) is 1. The molecular formula is C15H22Cl2N2O2. The second-order valence-electron chi connectivity index (χ2n) is 5.64. The molecule has 0 saturated carbocycles. The van der Waals surface area contributed by atoms with Gasteiger partial charge in [-0.3, -0.25) is 9.69 Å². The van der Waals surface area contributed by atoms with Crippen molar-refractivity contribution in [1.82, 2.24) is 4.90 Å². The first-order valence-corrected chi connectivity index (χ1v) is 7.62. The standard InChI is InChI=1S/C15H22Cl2N2O2/c1-5-19(9-15(3,4)21)10(2)14(20)18-12-8-6-7-11(16)13(12)17/h6-8,10,21H,5,9H2,1-4H3,(H,18,20). The number of carbonyl (C=O) groups is 1. The van der Waals surface area contributed by atoms with Gasteiger partial charge >= 0.3 is 0 Å². The summed E-state index contributed by atoms with van der Waals surface area (Å²) in [4.78, 5) is 14.2. The minimum atomic E-state index is -0.863. The highest BCUT2D eigenvalue weighted by atomic mass is 35.5. The Morgan fingerprint density at radius 1 is 1.43 bits per heavy atom. The molecule has 0 aliphatic rings. The van der Waals surface area contributed by atoms with Crippen LogP contribution in [0.1, 0.15) is 27.7 Å². The fraction of sp³-hybridized carbons (Fsp3) is 0.533. The van der Waals surface area contributed by atoms with E-state index in [0.29, 0.717) is 28.8 Å². The van der Waals surface area contributed by atoms with Crippen molar-refractivity contribution in [3.63, 3.8) is 0 Å². The highest BCUT2D eigenvalue weighted by Gasteiger charge is 2.25. The number of hydrogen-bond donors (Lipinski definition) is 2. The van der Waals surface area contributed by atoms with Crippen molar-refractivity contribution in [1.29, 1.82) is 0 Å². The van der Waals surface area contributed by atoms with Crippen LogP contribution in [0, 0.1) is 0 Å². The van der Waals surface area contributed by atoms with Crippen LogP contribution in [0.15, 0.2) is 18.2 Å². The highest BCUT2D eigenvalue weighted by molar-refractivity contribution is 6.44. The monoisotopic (exact) mass is 332 g/mol. The molecule has 118 valence electrons. The van der Waals surface area contributed by atoms with E-state index in [1.54, 1.807) is 39.0 Å². The number of carbonyl (C=O) groups excluding carboxylic acids is 1. The number of nitrogens with one attached hydrogen (secondary N) is 1. The van der Waals surface area contributed by atoms with Crippen LogP contribution < -0.4 is 5.32 Å². The molecule has 1 rings (SSSR count). The predicted octanol–water partition coefficient (Wildman–Crippen LogP) is 3.41. The van der Waals surface area contributed by atoms with Gasteiger partial charge < -0.3 is 10.4 Å². The van der Waals surface area contributed by atoms with E-state index in [1.165, 1.54) is 0 Å². The number of hydrogen-bond acceptors (Lipinski definition) is 3. The maximum Gasteiger partial charge on any atom is 0.241 e. The summed E-state index contributed by atoms with van der Waals surface area (Å²) in [7, 11) is 0. The van der Waals surface area contributed by atoms with Crippen LogP contribution in [0.3, 0.4) is 0 Å². The topological polar surface area (TPSA) is 52.6 Å². The van der Waals surface area contributed by atoms with Crippen LogP contribution in [0.25, 0.3) is 0 Å². The Balaban J connectivity index is 2.80. The first kappa shape index (κ1) is 18.2. The van der Waals surface area contributed by atoms with Crippen LogP contribution in [0.4, 0.5) is 5.69 Å². The SMILES string of the molecule is CCN(CC(C)(C)O)C(C)C(=O)Nc1cccc(Cl)c1Cl. The lowest BCUT2D eigenvalue weighted by molar-refractivity contribution is -0.121. The van der Waals surface area contributed by atoms with Crippen LogP contribution in [0.2, 0.25) is 10.0 Å². The van der Waals surface area contributed by atoms with Crippen molar-refractivity contribution in [2.75, 3.05) is 18.4 Å². The molecule has 2 N–H and O–H groups in total. The molecule has 0 spiro atoms. The minimum absolute atomic E-state index is 0.190. The van der Waals surface area contributed by atoms with Crippen LogP contribution in [-0.2, 0) is 4.79 Å². The van der Waals surface area contributed by atoms with Gasteiger partial charge in [0.15, 0.2) is 0 Å². The number of amides is 1. The molecule has 0 aliphatic carbocycles. The highest BCUT2D eigenvalue weighted by Crippen LogP contribution is 2.29. The molecule has 1 aromatic rings. The lowest BCUT2D eigenvalue weighted by atomic mass is 10.1. The van der Waals surface area contributed by atoms with Crippen LogP contribution in [-0.4, -0.2) is 40.6 Å². The van der Waals surface area contributed by atoms with Gasteiger partial charge in [0, 0.05) is 6.54 Å². The Labute approximate surface area is 136 Å². The molecule has 1 aromatic carbocycles. The molecule has 0 saturated heterocycles. The molecule has 21 heavy (non-hydrogen) atoms. The van der Waals surface area contributed by atoms with Gasteiger partial charge in [-0.1, -0.05) is 36.2 Å². The lowest BCUT2D eigenvalue weighted by Crippen LogP contribution is -2.48. The quantitative estimate of drug-likeness (QED) is 0.839. The van der Waals surface area contributed by atoms with E-state index in [4.69, 9.17) is 23.2 Å². The summed E-state index contributed by atoms with van der Waals surface area (Å²) < 4.78 is 0. The minimum Gasteiger partial charge on any atom is -0.389 e. The summed E-state index contributed by atoms with van der Waals surface area (Å²) in [6.07, 6.45) is 0. The zero-order valence-corrected chi connectivity index (χ0v) is 14.3. The van der Waals surface area contributed by atoms with Gasteiger partial charge in [0.2, 0.25) is 5.91 Å². The second-order valence-corrected chi connectivity index (χ2v) is 6.43. The molecule has 1 atom stereocenters. The maximum atomic E-state index is 12.3. The first-order chi connectivity index (χ1) is 9.65. The Kier molecular flexibility index (Phi) is 6.47. The van der Waals surface area contributed by atoms with Crippen molar-refractivity contribution in [2.45, 2.75) is 39.3 Å². The number of benzene rings is 1. The van der Waals surface area contributed by atoms with Crippen molar-refractivity contribution in [2.24, 2.45) is 0 Å². The van der Waals surface area contributed by atoms with E-state index in [2.05, 4.69) is 5.32 Å². The van der Waals surface area contributed by atoms with Crippen molar-refractivity contribution < 1.29 is 9.90 Å². The van der Waals surface area contributed by atoms with Gasteiger partial charge in [-0.05, 0) is 39.4 Å². The average Bonchev–Trinajstić information content (AvgIpc) is 2.39. The van der Waals surface area contributed by atoms with E-state index in [1.807, 2.05) is 11.8 Å². The maximum absolute atomic E-state index is 12.3. The smallest absolute Gasteiger partial charge is 0.241 e. The third-order valence-electron chi connectivity index (χ3n) is 3.13. The zero-order valence-electron chi connectivity index (χ0n) is 12.8. The summed E-state index contributed by atoms with van der Waals surface area (Å²) in [6.45, 7) is 8.23. The average molecular weight is 333 g/mol. The summed E-state index contributed by atoms with van der Waals surface area (Å²) in [6, 6.07) is 4.69. The Hall–Kier alpha value is -0.810. The molecule has 1 unspecified atom stereocenters. The van der Waals surface area contributed by atoms with E-state index < -0.39 is 11.6 Å². The molecule has 0 aliphatic heterocycles. The Bertz CT molecular complexity index is 501. The number of aliphatic hydroxyl groups is 1. The molecule has 0 heterocycles. The largest absolute Gasteiger partial charge is 0.389 e. The van der Waals surface area contributed by atoms with Crippen LogP contribution >= 0.6 is 23.2 Å². The molecule has 0 radical (unpaired) electrons. The second kappa shape index (κ2) is 7.45. The third-order valence-corrected chi connectivity index (χ3v) is 3.95. The van der Waals surface area contributed by atoms with Crippen molar-refractivity contribution in [3.8, 4) is 0 Å². The van der Waals surface area contributed by atoms with Gasteiger partial charge in [0.05, 0.1) is 27.4 Å². The lowest BCUT2D eigenvalue weighted by Gasteiger charge is -2.32. The molecular weight excluding hydrogens is 311 g/mol. The number of nitrogens with zero attached hydrogens (tertiary/aromatic N) is 1. The molecule has 1 amide bonds. The van der Waals surface area contributed by atoms with Gasteiger partial charge in [0.1, 0.15) is 0 Å².